The molecule has 2 heterocycles. The van der Waals surface area contributed by atoms with Gasteiger partial charge in [0.15, 0.2) is 5.60 Å². The normalized spacial score (nSPS) is 16.9. The van der Waals surface area contributed by atoms with Crippen LogP contribution in [-0.4, -0.2) is 28.9 Å². The lowest BCUT2D eigenvalue weighted by atomic mass is 9.85. The first-order valence-electron chi connectivity index (χ1n) is 9.46. The average Bonchev–Trinajstić information content (AvgIpc) is 2.69. The van der Waals surface area contributed by atoms with Crippen LogP contribution in [0.4, 0.5) is 0 Å². The Morgan fingerprint density at radius 2 is 1.74 bits per heavy atom. The third kappa shape index (κ3) is 3.71. The van der Waals surface area contributed by atoms with Gasteiger partial charge in [0.25, 0.3) is 0 Å². The third-order valence-electron chi connectivity index (χ3n) is 5.36. The third-order valence-corrected chi connectivity index (χ3v) is 5.36. The number of piperidine rings is 1. The molecule has 4 heteroatoms. The Balaban J connectivity index is 1.62. The quantitative estimate of drug-likeness (QED) is 0.651. The van der Waals surface area contributed by atoms with Crippen LogP contribution < -0.4 is 0 Å². The second-order valence-corrected chi connectivity index (χ2v) is 7.23. The van der Waals surface area contributed by atoms with Gasteiger partial charge in [-0.3, -0.25) is 14.7 Å². The van der Waals surface area contributed by atoms with E-state index in [-0.39, 0.29) is 5.97 Å². The zero-order valence-corrected chi connectivity index (χ0v) is 15.6. The van der Waals surface area contributed by atoms with E-state index in [1.54, 1.807) is 0 Å². The molecule has 1 aliphatic rings. The summed E-state index contributed by atoms with van der Waals surface area (Å²) in [5, 5.41) is 2.19. The zero-order valence-electron chi connectivity index (χ0n) is 15.6. The van der Waals surface area contributed by atoms with E-state index in [9.17, 15) is 4.79 Å². The van der Waals surface area contributed by atoms with Crippen molar-refractivity contribution in [1.82, 2.24) is 9.88 Å². The predicted molar refractivity (Wildman–Crippen MR) is 106 cm³/mol. The van der Waals surface area contributed by atoms with E-state index in [0.29, 0.717) is 0 Å². The number of esters is 1. The Kier molecular flexibility index (Phi) is 4.90. The van der Waals surface area contributed by atoms with Gasteiger partial charge in [-0.25, -0.2) is 0 Å². The van der Waals surface area contributed by atoms with Gasteiger partial charge in [0.2, 0.25) is 0 Å². The van der Waals surface area contributed by atoms with Gasteiger partial charge in [0.05, 0.1) is 5.69 Å². The largest absolute Gasteiger partial charge is 0.453 e. The number of pyridine rings is 1. The first kappa shape index (κ1) is 17.7. The second kappa shape index (κ2) is 7.49. The van der Waals surface area contributed by atoms with Gasteiger partial charge >= 0.3 is 5.97 Å². The molecule has 0 bridgehead atoms. The molecule has 4 nitrogen and oxygen atoms in total. The molecule has 138 valence electrons. The van der Waals surface area contributed by atoms with E-state index < -0.39 is 5.60 Å². The fourth-order valence-corrected chi connectivity index (χ4v) is 4.06. The molecular weight excluding hydrogens is 336 g/mol. The molecule has 3 aromatic rings. The molecule has 4 rings (SSSR count). The molecule has 1 fully saturated rings. The fraction of sp³-hybridized carbons (Fsp3) is 0.304. The molecule has 0 amide bonds. The summed E-state index contributed by atoms with van der Waals surface area (Å²) in [6.45, 7) is 4.14. The Hall–Kier alpha value is -2.72. The van der Waals surface area contributed by atoms with Crippen LogP contribution in [0.3, 0.4) is 0 Å². The van der Waals surface area contributed by atoms with Crippen molar-refractivity contribution < 1.29 is 9.53 Å². The summed E-state index contributed by atoms with van der Waals surface area (Å²) in [6, 6.07) is 20.7. The molecule has 0 unspecified atom stereocenters. The van der Waals surface area contributed by atoms with E-state index in [1.165, 1.54) is 12.5 Å². The molecular formula is C23H24N2O2. The van der Waals surface area contributed by atoms with Gasteiger partial charge in [0, 0.05) is 51.0 Å². The van der Waals surface area contributed by atoms with Gasteiger partial charge in [0.1, 0.15) is 0 Å². The van der Waals surface area contributed by atoms with Crippen molar-refractivity contribution in [1.29, 1.82) is 0 Å². The summed E-state index contributed by atoms with van der Waals surface area (Å²) in [4.78, 5) is 19.0. The maximum absolute atomic E-state index is 11.9. The smallest absolute Gasteiger partial charge is 0.303 e. The van der Waals surface area contributed by atoms with Gasteiger partial charge in [-0.1, -0.05) is 54.6 Å². The molecule has 0 spiro atoms. The number of aromatic nitrogens is 1. The van der Waals surface area contributed by atoms with Crippen molar-refractivity contribution in [2.75, 3.05) is 13.1 Å². The monoisotopic (exact) mass is 360 g/mol. The zero-order chi connectivity index (χ0) is 18.7. The number of rotatable bonds is 4. The number of likely N-dealkylation sites (tertiary alicyclic amines) is 1. The standard InChI is InChI=1S/C23H24N2O2/c1-18(26)27-23(22-21-10-6-5-9-20(21)11-14-24-22)12-15-25(16-13-23)17-19-7-3-2-4-8-19/h2-11,14H,12-13,15-17H2,1H3. The minimum absolute atomic E-state index is 0.249. The number of benzene rings is 2. The van der Waals surface area contributed by atoms with Gasteiger partial charge in [-0.05, 0) is 17.0 Å². The van der Waals surface area contributed by atoms with E-state index in [4.69, 9.17) is 4.74 Å². The average molecular weight is 360 g/mol. The minimum atomic E-state index is -0.653. The topological polar surface area (TPSA) is 42.4 Å². The molecule has 1 aliphatic heterocycles. The summed E-state index contributed by atoms with van der Waals surface area (Å²) in [6.07, 6.45) is 3.32. The summed E-state index contributed by atoms with van der Waals surface area (Å²) < 4.78 is 5.94. The number of carbonyl (C=O) groups excluding carboxylic acids is 1. The molecule has 0 radical (unpaired) electrons. The van der Waals surface area contributed by atoms with Crippen LogP contribution in [0, 0.1) is 0 Å². The molecule has 0 atom stereocenters. The number of hydrogen-bond donors (Lipinski definition) is 0. The molecule has 0 N–H and O–H groups in total. The Labute approximate surface area is 159 Å². The van der Waals surface area contributed by atoms with Crippen molar-refractivity contribution in [3.63, 3.8) is 0 Å². The van der Waals surface area contributed by atoms with E-state index in [0.717, 1.165) is 48.9 Å². The lowest BCUT2D eigenvalue weighted by Gasteiger charge is -2.41. The number of ether oxygens (including phenoxy) is 1. The number of hydrogen-bond acceptors (Lipinski definition) is 4. The number of nitrogens with zero attached hydrogens (tertiary/aromatic N) is 2. The Morgan fingerprint density at radius 3 is 2.48 bits per heavy atom. The van der Waals surface area contributed by atoms with Crippen LogP contribution in [0.5, 0.6) is 0 Å². The van der Waals surface area contributed by atoms with Crippen molar-refractivity contribution in [3.8, 4) is 0 Å². The summed E-state index contributed by atoms with van der Waals surface area (Å²) in [5.74, 6) is -0.249. The molecule has 0 aliphatic carbocycles. The molecule has 2 aromatic carbocycles. The van der Waals surface area contributed by atoms with Crippen LogP contribution in [0.15, 0.2) is 66.9 Å². The lowest BCUT2D eigenvalue weighted by Crippen LogP contribution is -2.45. The number of carbonyl (C=O) groups is 1. The van der Waals surface area contributed by atoms with Crippen molar-refractivity contribution >= 4 is 16.7 Å². The SMILES string of the molecule is CC(=O)OC1(c2nccc3ccccc23)CCN(Cc2ccccc2)CC1. The highest BCUT2D eigenvalue weighted by molar-refractivity contribution is 5.85. The van der Waals surface area contributed by atoms with E-state index in [2.05, 4.69) is 46.3 Å². The van der Waals surface area contributed by atoms with Crippen LogP contribution in [0.2, 0.25) is 0 Å². The van der Waals surface area contributed by atoms with Crippen LogP contribution >= 0.6 is 0 Å². The van der Waals surface area contributed by atoms with Crippen LogP contribution in [-0.2, 0) is 21.7 Å². The second-order valence-electron chi connectivity index (χ2n) is 7.23. The summed E-state index contributed by atoms with van der Waals surface area (Å²) >= 11 is 0. The molecule has 1 saturated heterocycles. The molecule has 27 heavy (non-hydrogen) atoms. The van der Waals surface area contributed by atoms with Gasteiger partial charge in [-0.15, -0.1) is 0 Å². The summed E-state index contributed by atoms with van der Waals surface area (Å²) in [7, 11) is 0. The lowest BCUT2D eigenvalue weighted by molar-refractivity contribution is -0.164. The van der Waals surface area contributed by atoms with Crippen LogP contribution in [0.25, 0.3) is 10.8 Å². The van der Waals surface area contributed by atoms with Crippen molar-refractivity contribution in [2.45, 2.75) is 31.9 Å². The highest BCUT2D eigenvalue weighted by Gasteiger charge is 2.41. The fourth-order valence-electron chi connectivity index (χ4n) is 4.06. The molecule has 1 aromatic heterocycles. The maximum Gasteiger partial charge on any atom is 0.303 e. The Morgan fingerprint density at radius 1 is 1.04 bits per heavy atom. The predicted octanol–water partition coefficient (Wildman–Crippen LogP) is 4.29. The first-order chi connectivity index (χ1) is 13.2. The van der Waals surface area contributed by atoms with E-state index >= 15 is 0 Å². The highest BCUT2D eigenvalue weighted by atomic mass is 16.6. The van der Waals surface area contributed by atoms with Crippen molar-refractivity contribution in [3.05, 3.63) is 78.1 Å². The van der Waals surface area contributed by atoms with Gasteiger partial charge in [-0.2, -0.15) is 0 Å². The molecule has 0 saturated carbocycles. The van der Waals surface area contributed by atoms with Crippen LogP contribution in [0.1, 0.15) is 31.0 Å². The Bertz CT molecular complexity index is 926. The maximum atomic E-state index is 11.9. The first-order valence-corrected chi connectivity index (χ1v) is 9.46. The minimum Gasteiger partial charge on any atom is -0.453 e. The van der Waals surface area contributed by atoms with E-state index in [1.807, 2.05) is 30.5 Å². The van der Waals surface area contributed by atoms with Gasteiger partial charge < -0.3 is 4.74 Å². The van der Waals surface area contributed by atoms with Crippen molar-refractivity contribution in [2.24, 2.45) is 0 Å². The number of fused-ring (bicyclic) bond motifs is 1. The highest BCUT2D eigenvalue weighted by Crippen LogP contribution is 2.39. The summed E-state index contributed by atoms with van der Waals surface area (Å²) in [5.41, 5.74) is 1.54.